The van der Waals surface area contributed by atoms with E-state index in [0.29, 0.717) is 31.7 Å². The van der Waals surface area contributed by atoms with Crippen LogP contribution < -0.4 is 10.6 Å². The van der Waals surface area contributed by atoms with E-state index in [1.807, 2.05) is 17.0 Å². The molecule has 1 fully saturated rings. The van der Waals surface area contributed by atoms with Crippen LogP contribution >= 0.6 is 0 Å². The Hall–Kier alpha value is -1.88. The van der Waals surface area contributed by atoms with Gasteiger partial charge < -0.3 is 15.5 Å². The van der Waals surface area contributed by atoms with Crippen LogP contribution in [0.3, 0.4) is 0 Å². The maximum atomic E-state index is 12.3. The van der Waals surface area contributed by atoms with Gasteiger partial charge in [-0.2, -0.15) is 0 Å². The van der Waals surface area contributed by atoms with E-state index in [4.69, 9.17) is 0 Å². The zero-order chi connectivity index (χ0) is 16.8. The van der Waals surface area contributed by atoms with E-state index >= 15 is 0 Å². The molecule has 0 aromatic heterocycles. The third-order valence-electron chi connectivity index (χ3n) is 5.03. The van der Waals surface area contributed by atoms with Gasteiger partial charge in [-0.15, -0.1) is 0 Å². The lowest BCUT2D eigenvalue weighted by molar-refractivity contribution is -0.132. The van der Waals surface area contributed by atoms with Crippen molar-refractivity contribution in [2.24, 2.45) is 5.92 Å². The van der Waals surface area contributed by atoms with Crippen molar-refractivity contribution in [3.05, 3.63) is 35.4 Å². The highest BCUT2D eigenvalue weighted by Gasteiger charge is 2.22. The van der Waals surface area contributed by atoms with Crippen molar-refractivity contribution in [1.29, 1.82) is 0 Å². The molecule has 0 radical (unpaired) electrons. The molecular formula is C19H27N3O2. The highest BCUT2D eigenvalue weighted by atomic mass is 16.2. The molecule has 2 amide bonds. The van der Waals surface area contributed by atoms with Crippen LogP contribution in [-0.4, -0.2) is 36.3 Å². The van der Waals surface area contributed by atoms with E-state index in [1.54, 1.807) is 0 Å². The Kier molecular flexibility index (Phi) is 5.86. The predicted octanol–water partition coefficient (Wildman–Crippen LogP) is 1.81. The number of hydrogen-bond donors (Lipinski definition) is 2. The highest BCUT2D eigenvalue weighted by molar-refractivity contribution is 5.77. The Morgan fingerprint density at radius 2 is 1.92 bits per heavy atom. The number of amides is 2. The molecule has 5 heteroatoms. The number of carbonyl (C=O) groups is 2. The number of carbonyl (C=O) groups excluding carboxylic acids is 2. The van der Waals surface area contributed by atoms with Crippen LogP contribution in [-0.2, 0) is 22.7 Å². The standard InChI is InChI=1S/C19H27N3O2/c23-18(8-7-15-9-11-20-12-15)21-10-3-6-19(24)22-13-16-4-1-2-5-17(16)14-22/h1-2,4-5,15,20H,3,6-14H2,(H,21,23). The van der Waals surface area contributed by atoms with Crippen LogP contribution in [0.2, 0.25) is 0 Å². The molecule has 1 atom stereocenters. The fourth-order valence-electron chi connectivity index (χ4n) is 3.52. The lowest BCUT2D eigenvalue weighted by atomic mass is 10.0. The van der Waals surface area contributed by atoms with E-state index in [2.05, 4.69) is 22.8 Å². The van der Waals surface area contributed by atoms with E-state index in [1.165, 1.54) is 17.5 Å². The van der Waals surface area contributed by atoms with Crippen LogP contribution in [0.4, 0.5) is 0 Å². The van der Waals surface area contributed by atoms with Crippen LogP contribution in [0.25, 0.3) is 0 Å². The fourth-order valence-corrected chi connectivity index (χ4v) is 3.52. The summed E-state index contributed by atoms with van der Waals surface area (Å²) in [5, 5.41) is 6.26. The molecule has 5 nitrogen and oxygen atoms in total. The molecule has 3 rings (SSSR count). The van der Waals surface area contributed by atoms with Crippen molar-refractivity contribution in [3.63, 3.8) is 0 Å². The van der Waals surface area contributed by atoms with Crippen LogP contribution in [0.1, 0.15) is 43.2 Å². The Morgan fingerprint density at radius 3 is 2.58 bits per heavy atom. The molecule has 1 unspecified atom stereocenters. The van der Waals surface area contributed by atoms with Gasteiger partial charge in [0.2, 0.25) is 11.8 Å². The zero-order valence-corrected chi connectivity index (χ0v) is 14.2. The SMILES string of the molecule is O=C(CCC1CCNC1)NCCCC(=O)N1Cc2ccccc2C1. The molecule has 2 aliphatic rings. The van der Waals surface area contributed by atoms with Gasteiger partial charge in [-0.1, -0.05) is 24.3 Å². The minimum absolute atomic E-state index is 0.114. The summed E-state index contributed by atoms with van der Waals surface area (Å²) in [5.41, 5.74) is 2.50. The van der Waals surface area contributed by atoms with Crippen molar-refractivity contribution in [2.75, 3.05) is 19.6 Å². The zero-order valence-electron chi connectivity index (χ0n) is 14.2. The summed E-state index contributed by atoms with van der Waals surface area (Å²) in [5.74, 6) is 0.939. The summed E-state index contributed by atoms with van der Waals surface area (Å²) in [6, 6.07) is 8.21. The first kappa shape index (κ1) is 17.0. The van der Waals surface area contributed by atoms with Crippen molar-refractivity contribution in [1.82, 2.24) is 15.5 Å². The van der Waals surface area contributed by atoms with Crippen molar-refractivity contribution < 1.29 is 9.59 Å². The van der Waals surface area contributed by atoms with Gasteiger partial charge in [-0.25, -0.2) is 0 Å². The lowest BCUT2D eigenvalue weighted by Gasteiger charge is -2.15. The molecule has 1 aromatic carbocycles. The summed E-state index contributed by atoms with van der Waals surface area (Å²) in [7, 11) is 0. The van der Waals surface area contributed by atoms with Crippen LogP contribution in [0.5, 0.6) is 0 Å². The molecule has 130 valence electrons. The van der Waals surface area contributed by atoms with Crippen LogP contribution in [0, 0.1) is 5.92 Å². The average molecular weight is 329 g/mol. The highest BCUT2D eigenvalue weighted by Crippen LogP contribution is 2.22. The predicted molar refractivity (Wildman–Crippen MR) is 93.2 cm³/mol. The topological polar surface area (TPSA) is 61.4 Å². The molecule has 0 aliphatic carbocycles. The third kappa shape index (κ3) is 4.57. The number of nitrogens with zero attached hydrogens (tertiary/aromatic N) is 1. The maximum Gasteiger partial charge on any atom is 0.223 e. The van der Waals surface area contributed by atoms with Gasteiger partial charge in [0.25, 0.3) is 0 Å². The second-order valence-electron chi connectivity index (χ2n) is 6.87. The largest absolute Gasteiger partial charge is 0.356 e. The summed E-state index contributed by atoms with van der Waals surface area (Å²) in [4.78, 5) is 26.0. The van der Waals surface area contributed by atoms with Crippen LogP contribution in [0.15, 0.2) is 24.3 Å². The van der Waals surface area contributed by atoms with Gasteiger partial charge in [0, 0.05) is 32.5 Å². The molecule has 2 N–H and O–H groups in total. The molecule has 1 aromatic rings. The molecular weight excluding hydrogens is 302 g/mol. The Balaban J connectivity index is 1.28. The summed E-state index contributed by atoms with van der Waals surface area (Å²) < 4.78 is 0. The Morgan fingerprint density at radius 1 is 1.17 bits per heavy atom. The summed E-state index contributed by atoms with van der Waals surface area (Å²) in [6.07, 6.45) is 3.95. The van der Waals surface area contributed by atoms with Gasteiger partial charge in [0.1, 0.15) is 0 Å². The first-order valence-electron chi connectivity index (χ1n) is 9.04. The molecule has 1 saturated heterocycles. The van der Waals surface area contributed by atoms with Crippen molar-refractivity contribution >= 4 is 11.8 Å². The maximum absolute atomic E-state index is 12.3. The smallest absolute Gasteiger partial charge is 0.223 e. The van der Waals surface area contributed by atoms with Crippen molar-refractivity contribution in [2.45, 2.75) is 45.2 Å². The van der Waals surface area contributed by atoms with E-state index in [9.17, 15) is 9.59 Å². The Bertz CT molecular complexity index is 557. The molecule has 0 bridgehead atoms. The Labute approximate surface area is 143 Å². The number of rotatable bonds is 7. The molecule has 0 saturated carbocycles. The average Bonchev–Trinajstić information content (AvgIpc) is 3.25. The molecule has 2 heterocycles. The fraction of sp³-hybridized carbons (Fsp3) is 0.579. The van der Waals surface area contributed by atoms with E-state index < -0.39 is 0 Å². The first-order chi connectivity index (χ1) is 11.7. The summed E-state index contributed by atoms with van der Waals surface area (Å²) in [6.45, 7) is 4.15. The quantitative estimate of drug-likeness (QED) is 0.750. The molecule has 24 heavy (non-hydrogen) atoms. The number of benzene rings is 1. The lowest BCUT2D eigenvalue weighted by Crippen LogP contribution is -2.28. The monoisotopic (exact) mass is 329 g/mol. The van der Waals surface area contributed by atoms with Gasteiger partial charge in [0.05, 0.1) is 0 Å². The van der Waals surface area contributed by atoms with Gasteiger partial charge in [-0.05, 0) is 49.4 Å². The number of nitrogens with one attached hydrogen (secondary N) is 2. The second kappa shape index (κ2) is 8.29. The molecule has 2 aliphatic heterocycles. The minimum atomic E-state index is 0.114. The third-order valence-corrected chi connectivity index (χ3v) is 5.03. The summed E-state index contributed by atoms with van der Waals surface area (Å²) >= 11 is 0. The number of fused-ring (bicyclic) bond motifs is 1. The first-order valence-corrected chi connectivity index (χ1v) is 9.04. The van der Waals surface area contributed by atoms with Gasteiger partial charge in [-0.3, -0.25) is 9.59 Å². The van der Waals surface area contributed by atoms with E-state index in [0.717, 1.165) is 32.6 Å². The van der Waals surface area contributed by atoms with E-state index in [-0.39, 0.29) is 11.8 Å². The number of hydrogen-bond acceptors (Lipinski definition) is 3. The normalized spacial score (nSPS) is 19.3. The minimum Gasteiger partial charge on any atom is -0.356 e. The second-order valence-corrected chi connectivity index (χ2v) is 6.87. The van der Waals surface area contributed by atoms with Gasteiger partial charge >= 0.3 is 0 Å². The molecule has 0 spiro atoms. The van der Waals surface area contributed by atoms with Gasteiger partial charge in [0.15, 0.2) is 0 Å². The van der Waals surface area contributed by atoms with Crippen molar-refractivity contribution in [3.8, 4) is 0 Å².